The molecular formula is C9H14BrN3. The molecule has 0 bridgehead atoms. The third kappa shape index (κ3) is 1.79. The lowest BCUT2D eigenvalue weighted by molar-refractivity contribution is 0.460. The zero-order valence-electron chi connectivity index (χ0n) is 7.76. The molecular weight excluding hydrogens is 230 g/mol. The van der Waals surface area contributed by atoms with Crippen LogP contribution in [-0.4, -0.2) is 22.9 Å². The number of aromatic nitrogens is 2. The second-order valence-electron chi connectivity index (χ2n) is 3.56. The van der Waals surface area contributed by atoms with Gasteiger partial charge in [0.15, 0.2) is 0 Å². The van der Waals surface area contributed by atoms with Crippen LogP contribution in [-0.2, 0) is 7.05 Å². The van der Waals surface area contributed by atoms with Gasteiger partial charge in [-0.2, -0.15) is 5.10 Å². The first kappa shape index (κ1) is 9.21. The average Bonchev–Trinajstić information content (AvgIpc) is 2.49. The largest absolute Gasteiger partial charge is 0.316 e. The number of halogens is 1. The molecule has 0 saturated carbocycles. The second-order valence-corrected chi connectivity index (χ2v) is 4.31. The highest BCUT2D eigenvalue weighted by Gasteiger charge is 2.19. The van der Waals surface area contributed by atoms with Crippen LogP contribution in [0.5, 0.6) is 0 Å². The Kier molecular flexibility index (Phi) is 2.69. The molecule has 1 saturated heterocycles. The quantitative estimate of drug-likeness (QED) is 0.814. The van der Waals surface area contributed by atoms with Crippen molar-refractivity contribution in [2.24, 2.45) is 7.05 Å². The van der Waals surface area contributed by atoms with Gasteiger partial charge in [-0.15, -0.1) is 0 Å². The predicted molar refractivity (Wildman–Crippen MR) is 55.8 cm³/mol. The van der Waals surface area contributed by atoms with Crippen LogP contribution < -0.4 is 5.32 Å². The Labute approximate surface area is 86.6 Å². The van der Waals surface area contributed by atoms with Crippen LogP contribution in [0.3, 0.4) is 0 Å². The summed E-state index contributed by atoms with van der Waals surface area (Å²) in [4.78, 5) is 0. The van der Waals surface area contributed by atoms with Crippen LogP contribution in [0.15, 0.2) is 10.8 Å². The zero-order chi connectivity index (χ0) is 9.26. The first-order valence-electron chi connectivity index (χ1n) is 4.67. The minimum atomic E-state index is 0.636. The van der Waals surface area contributed by atoms with Crippen molar-refractivity contribution in [1.82, 2.24) is 15.1 Å². The monoisotopic (exact) mass is 243 g/mol. The Hall–Kier alpha value is -0.350. The minimum absolute atomic E-state index is 0.636. The van der Waals surface area contributed by atoms with Gasteiger partial charge in [0.2, 0.25) is 0 Å². The van der Waals surface area contributed by atoms with E-state index in [1.807, 2.05) is 17.9 Å². The Morgan fingerprint density at radius 3 is 3.08 bits per heavy atom. The van der Waals surface area contributed by atoms with Crippen molar-refractivity contribution in [2.45, 2.75) is 18.8 Å². The third-order valence-corrected chi connectivity index (χ3v) is 3.60. The predicted octanol–water partition coefficient (Wildman–Crippen LogP) is 1.65. The maximum absolute atomic E-state index is 4.23. The molecule has 3 nitrogen and oxygen atoms in total. The van der Waals surface area contributed by atoms with Gasteiger partial charge in [-0.25, -0.2) is 0 Å². The normalized spacial score (nSPS) is 23.4. The number of piperidine rings is 1. The van der Waals surface area contributed by atoms with E-state index in [9.17, 15) is 0 Å². The number of nitrogens with zero attached hydrogens (tertiary/aromatic N) is 2. The summed E-state index contributed by atoms with van der Waals surface area (Å²) >= 11 is 3.56. The zero-order valence-corrected chi connectivity index (χ0v) is 9.34. The second kappa shape index (κ2) is 3.80. The molecule has 2 heterocycles. The molecule has 1 aliphatic rings. The number of hydrogen-bond acceptors (Lipinski definition) is 2. The van der Waals surface area contributed by atoms with Crippen LogP contribution >= 0.6 is 15.9 Å². The van der Waals surface area contributed by atoms with E-state index < -0.39 is 0 Å². The molecule has 0 radical (unpaired) electrons. The van der Waals surface area contributed by atoms with Crippen LogP contribution in [0.2, 0.25) is 0 Å². The molecule has 0 aromatic carbocycles. The smallest absolute Gasteiger partial charge is 0.107 e. The summed E-state index contributed by atoms with van der Waals surface area (Å²) in [5, 5.41) is 7.65. The van der Waals surface area contributed by atoms with Crippen LogP contribution in [0.25, 0.3) is 0 Å². The number of aryl methyl sites for hydroxylation is 1. The fraction of sp³-hybridized carbons (Fsp3) is 0.667. The van der Waals surface area contributed by atoms with E-state index in [4.69, 9.17) is 0 Å². The van der Waals surface area contributed by atoms with E-state index in [0.717, 1.165) is 17.7 Å². The van der Waals surface area contributed by atoms with Crippen LogP contribution in [0.4, 0.5) is 0 Å². The number of hydrogen-bond donors (Lipinski definition) is 1. The Morgan fingerprint density at radius 1 is 1.69 bits per heavy atom. The lowest BCUT2D eigenvalue weighted by Crippen LogP contribution is -2.28. The van der Waals surface area contributed by atoms with Gasteiger partial charge in [-0.1, -0.05) is 0 Å². The summed E-state index contributed by atoms with van der Waals surface area (Å²) in [6.45, 7) is 2.25. The van der Waals surface area contributed by atoms with Gasteiger partial charge in [-0.05, 0) is 35.3 Å². The first-order valence-corrected chi connectivity index (χ1v) is 5.46. The van der Waals surface area contributed by atoms with Crippen molar-refractivity contribution < 1.29 is 0 Å². The van der Waals surface area contributed by atoms with Crippen molar-refractivity contribution in [1.29, 1.82) is 0 Å². The van der Waals surface area contributed by atoms with Crippen molar-refractivity contribution in [2.75, 3.05) is 13.1 Å². The summed E-state index contributed by atoms with van der Waals surface area (Å²) in [7, 11) is 1.96. The molecule has 1 N–H and O–H groups in total. The van der Waals surface area contributed by atoms with Gasteiger partial charge in [-0.3, -0.25) is 4.68 Å². The number of rotatable bonds is 1. The molecule has 0 amide bonds. The number of nitrogens with one attached hydrogen (secondary N) is 1. The average molecular weight is 244 g/mol. The highest BCUT2D eigenvalue weighted by molar-refractivity contribution is 9.10. The van der Waals surface area contributed by atoms with E-state index in [1.54, 1.807) is 0 Å². The van der Waals surface area contributed by atoms with Crippen LogP contribution in [0.1, 0.15) is 24.3 Å². The Bertz CT molecular complexity index is 289. The minimum Gasteiger partial charge on any atom is -0.316 e. The SMILES string of the molecule is Cn1ncc(C2CCCNC2)c1Br. The van der Waals surface area contributed by atoms with Crippen molar-refractivity contribution in [3.8, 4) is 0 Å². The van der Waals surface area contributed by atoms with Gasteiger partial charge in [0.05, 0.1) is 6.20 Å². The molecule has 1 unspecified atom stereocenters. The summed E-state index contributed by atoms with van der Waals surface area (Å²) in [5.74, 6) is 0.636. The van der Waals surface area contributed by atoms with Crippen molar-refractivity contribution in [3.05, 3.63) is 16.4 Å². The lowest BCUT2D eigenvalue weighted by Gasteiger charge is -2.21. The molecule has 4 heteroatoms. The van der Waals surface area contributed by atoms with Gasteiger partial charge < -0.3 is 5.32 Å². The summed E-state index contributed by atoms with van der Waals surface area (Å²) in [6.07, 6.45) is 4.52. The molecule has 1 fully saturated rings. The molecule has 13 heavy (non-hydrogen) atoms. The molecule has 2 rings (SSSR count). The summed E-state index contributed by atoms with van der Waals surface area (Å²) in [5.41, 5.74) is 1.34. The van der Waals surface area contributed by atoms with Gasteiger partial charge >= 0.3 is 0 Å². The summed E-state index contributed by atoms with van der Waals surface area (Å²) < 4.78 is 3.01. The molecule has 1 aromatic rings. The Balaban J connectivity index is 2.18. The standard InChI is InChI=1S/C9H14BrN3/c1-13-9(10)8(6-12-13)7-3-2-4-11-5-7/h6-7,11H,2-5H2,1H3. The fourth-order valence-electron chi connectivity index (χ4n) is 1.83. The topological polar surface area (TPSA) is 29.9 Å². The molecule has 0 spiro atoms. The molecule has 1 aliphatic heterocycles. The lowest BCUT2D eigenvalue weighted by atomic mass is 9.94. The van der Waals surface area contributed by atoms with E-state index in [-0.39, 0.29) is 0 Å². The highest BCUT2D eigenvalue weighted by Crippen LogP contribution is 2.28. The van der Waals surface area contributed by atoms with E-state index >= 15 is 0 Å². The molecule has 1 atom stereocenters. The fourth-order valence-corrected chi connectivity index (χ4v) is 2.35. The van der Waals surface area contributed by atoms with Crippen molar-refractivity contribution in [3.63, 3.8) is 0 Å². The first-order chi connectivity index (χ1) is 6.29. The van der Waals surface area contributed by atoms with Crippen LogP contribution in [0, 0.1) is 0 Å². The third-order valence-electron chi connectivity index (χ3n) is 2.63. The molecule has 72 valence electrons. The molecule has 1 aromatic heterocycles. The van der Waals surface area contributed by atoms with Crippen molar-refractivity contribution >= 4 is 15.9 Å². The maximum Gasteiger partial charge on any atom is 0.107 e. The summed E-state index contributed by atoms with van der Waals surface area (Å²) in [6, 6.07) is 0. The van der Waals surface area contributed by atoms with Gasteiger partial charge in [0.1, 0.15) is 4.60 Å². The molecule has 0 aliphatic carbocycles. The maximum atomic E-state index is 4.23. The Morgan fingerprint density at radius 2 is 2.54 bits per heavy atom. The van der Waals surface area contributed by atoms with Gasteiger partial charge in [0, 0.05) is 25.1 Å². The van der Waals surface area contributed by atoms with Gasteiger partial charge in [0.25, 0.3) is 0 Å². The van der Waals surface area contributed by atoms with E-state index in [0.29, 0.717) is 5.92 Å². The highest BCUT2D eigenvalue weighted by atomic mass is 79.9. The van der Waals surface area contributed by atoms with E-state index in [1.165, 1.54) is 18.4 Å². The van der Waals surface area contributed by atoms with E-state index in [2.05, 4.69) is 26.3 Å².